The number of hydrogen-bond acceptors (Lipinski definition) is 4. The zero-order chi connectivity index (χ0) is 20.8. The number of rotatable bonds is 4. The van der Waals surface area contributed by atoms with Crippen molar-refractivity contribution >= 4 is 35.0 Å². The van der Waals surface area contributed by atoms with E-state index < -0.39 is 17.5 Å². The number of hydrogen-bond donors (Lipinski definition) is 1. The van der Waals surface area contributed by atoms with Crippen LogP contribution in [0.25, 0.3) is 0 Å². The molecule has 0 radical (unpaired) electrons. The van der Waals surface area contributed by atoms with E-state index in [1.165, 1.54) is 6.07 Å². The molecule has 2 aromatic carbocycles. The third-order valence-corrected chi connectivity index (χ3v) is 6.08. The number of phenols is 1. The van der Waals surface area contributed by atoms with Gasteiger partial charge in [-0.3, -0.25) is 19.4 Å². The van der Waals surface area contributed by atoms with Crippen LogP contribution in [0.4, 0.5) is 4.39 Å². The molecular weight excluding hydrogens is 418 g/mol. The monoisotopic (exact) mass is 436 g/mol. The maximum absolute atomic E-state index is 15.4. The van der Waals surface area contributed by atoms with Crippen LogP contribution in [0.5, 0.6) is 5.75 Å². The first kappa shape index (κ1) is 20.1. The van der Waals surface area contributed by atoms with Gasteiger partial charge in [0.15, 0.2) is 0 Å². The van der Waals surface area contributed by atoms with Crippen molar-refractivity contribution in [3.05, 3.63) is 63.1 Å². The van der Waals surface area contributed by atoms with E-state index in [0.717, 1.165) is 4.90 Å². The van der Waals surface area contributed by atoms with Gasteiger partial charge in [0, 0.05) is 30.2 Å². The minimum atomic E-state index is -1.64. The summed E-state index contributed by atoms with van der Waals surface area (Å²) in [5, 5.41) is 10.7. The number of halogens is 3. The van der Waals surface area contributed by atoms with Crippen molar-refractivity contribution in [2.45, 2.75) is 25.1 Å². The summed E-state index contributed by atoms with van der Waals surface area (Å²) in [4.78, 5) is 28.0. The van der Waals surface area contributed by atoms with Crippen molar-refractivity contribution in [2.75, 3.05) is 19.6 Å². The first-order valence-electron chi connectivity index (χ1n) is 9.31. The van der Waals surface area contributed by atoms with Gasteiger partial charge < -0.3 is 5.11 Å². The molecule has 8 heteroatoms. The molecule has 2 aliphatic heterocycles. The van der Waals surface area contributed by atoms with Gasteiger partial charge in [0.05, 0.1) is 22.7 Å². The molecule has 1 N–H and O–H groups in total. The molecule has 0 unspecified atom stereocenters. The SMILES string of the molecule is O=C1c2ccccc2C(=O)N1CC1(F)CCN(Cc2cc(Cl)cc(Cl)c2O)CC1. The molecule has 2 amide bonds. The topological polar surface area (TPSA) is 60.9 Å². The fourth-order valence-corrected chi connectivity index (χ4v) is 4.45. The van der Waals surface area contributed by atoms with Gasteiger partial charge in [0.1, 0.15) is 11.4 Å². The highest BCUT2D eigenvalue weighted by Crippen LogP contribution is 2.35. The van der Waals surface area contributed by atoms with Crippen molar-refractivity contribution in [3.8, 4) is 5.75 Å². The van der Waals surface area contributed by atoms with Crippen LogP contribution in [-0.2, 0) is 6.54 Å². The Balaban J connectivity index is 1.41. The van der Waals surface area contributed by atoms with Gasteiger partial charge in [-0.2, -0.15) is 0 Å². The average Bonchev–Trinajstić information content (AvgIpc) is 2.93. The fraction of sp³-hybridized carbons (Fsp3) is 0.333. The Morgan fingerprint density at radius 3 is 2.21 bits per heavy atom. The number of imide groups is 1. The molecule has 0 aromatic heterocycles. The third-order valence-electron chi connectivity index (χ3n) is 5.57. The molecule has 0 saturated carbocycles. The maximum atomic E-state index is 15.4. The van der Waals surface area contributed by atoms with E-state index in [9.17, 15) is 14.7 Å². The Morgan fingerprint density at radius 2 is 1.62 bits per heavy atom. The van der Waals surface area contributed by atoms with Crippen LogP contribution in [0.3, 0.4) is 0 Å². The van der Waals surface area contributed by atoms with Crippen molar-refractivity contribution < 1.29 is 19.1 Å². The largest absolute Gasteiger partial charge is 0.506 e. The quantitative estimate of drug-likeness (QED) is 0.725. The van der Waals surface area contributed by atoms with Crippen molar-refractivity contribution in [1.82, 2.24) is 9.80 Å². The molecule has 0 aliphatic carbocycles. The van der Waals surface area contributed by atoms with E-state index in [4.69, 9.17) is 23.2 Å². The van der Waals surface area contributed by atoms with E-state index in [1.54, 1.807) is 30.3 Å². The Labute approximate surface area is 177 Å². The number of fused-ring (bicyclic) bond motifs is 1. The van der Waals surface area contributed by atoms with Crippen LogP contribution in [0.15, 0.2) is 36.4 Å². The second kappa shape index (κ2) is 7.59. The molecule has 1 saturated heterocycles. The standard InChI is InChI=1S/C21H19Cl2FN2O3/c22-14-9-13(18(27)17(23)10-14)11-25-7-5-21(24,6-8-25)12-26-19(28)15-3-1-2-4-16(15)20(26)29/h1-4,9-10,27H,5-8,11-12H2. The molecule has 5 nitrogen and oxygen atoms in total. The minimum absolute atomic E-state index is 0.0285. The van der Waals surface area contributed by atoms with Crippen molar-refractivity contribution in [1.29, 1.82) is 0 Å². The van der Waals surface area contributed by atoms with Gasteiger partial charge in [-0.1, -0.05) is 35.3 Å². The van der Waals surface area contributed by atoms with Gasteiger partial charge in [-0.05, 0) is 37.1 Å². The summed E-state index contributed by atoms with van der Waals surface area (Å²) in [5.74, 6) is -0.911. The van der Waals surface area contributed by atoms with Crippen LogP contribution >= 0.6 is 23.2 Å². The van der Waals surface area contributed by atoms with Gasteiger partial charge in [-0.15, -0.1) is 0 Å². The number of phenolic OH excluding ortho intramolecular Hbond substituents is 1. The number of amides is 2. The number of carbonyl (C=O) groups excluding carboxylic acids is 2. The van der Waals surface area contributed by atoms with E-state index in [-0.39, 0.29) is 30.2 Å². The number of aromatic hydroxyl groups is 1. The first-order valence-corrected chi connectivity index (χ1v) is 10.1. The smallest absolute Gasteiger partial charge is 0.261 e. The van der Waals surface area contributed by atoms with Gasteiger partial charge >= 0.3 is 0 Å². The van der Waals surface area contributed by atoms with Crippen molar-refractivity contribution in [3.63, 3.8) is 0 Å². The molecular formula is C21H19Cl2FN2O3. The lowest BCUT2D eigenvalue weighted by molar-refractivity contribution is 0.0213. The number of likely N-dealkylation sites (tertiary alicyclic amines) is 1. The summed E-state index contributed by atoms with van der Waals surface area (Å²) in [6.45, 7) is 0.975. The lowest BCUT2D eigenvalue weighted by atomic mass is 9.92. The number of benzene rings is 2. The van der Waals surface area contributed by atoms with E-state index in [1.807, 2.05) is 4.90 Å². The van der Waals surface area contributed by atoms with E-state index >= 15 is 4.39 Å². The highest BCUT2D eigenvalue weighted by Gasteiger charge is 2.43. The zero-order valence-electron chi connectivity index (χ0n) is 15.5. The first-order chi connectivity index (χ1) is 13.8. The maximum Gasteiger partial charge on any atom is 0.261 e. The summed E-state index contributed by atoms with van der Waals surface area (Å²) >= 11 is 12.0. The van der Waals surface area contributed by atoms with Crippen LogP contribution in [-0.4, -0.2) is 52.0 Å². The molecule has 0 bridgehead atoms. The second-order valence-corrected chi connectivity index (χ2v) is 8.41. The van der Waals surface area contributed by atoms with E-state index in [2.05, 4.69) is 0 Å². The summed E-state index contributed by atoms with van der Waals surface area (Å²) in [5.41, 5.74) is -0.411. The molecule has 152 valence electrons. The molecule has 2 aliphatic rings. The van der Waals surface area contributed by atoms with Crippen molar-refractivity contribution in [2.24, 2.45) is 0 Å². The van der Waals surface area contributed by atoms with Crippen LogP contribution in [0.2, 0.25) is 10.0 Å². The van der Waals surface area contributed by atoms with Gasteiger partial charge in [-0.25, -0.2) is 4.39 Å². The fourth-order valence-electron chi connectivity index (χ4n) is 3.92. The summed E-state index contributed by atoms with van der Waals surface area (Å²) in [6.07, 6.45) is 0.352. The lowest BCUT2D eigenvalue weighted by Gasteiger charge is -2.38. The molecule has 2 heterocycles. The van der Waals surface area contributed by atoms with Crippen LogP contribution < -0.4 is 0 Å². The number of carbonyl (C=O) groups is 2. The Kier molecular flexibility index (Phi) is 5.27. The molecule has 1 fully saturated rings. The average molecular weight is 437 g/mol. The molecule has 4 rings (SSSR count). The predicted molar refractivity (Wildman–Crippen MR) is 108 cm³/mol. The highest BCUT2D eigenvalue weighted by molar-refractivity contribution is 6.35. The molecule has 0 spiro atoms. The number of piperidine rings is 1. The summed E-state index contributed by atoms with van der Waals surface area (Å²) in [7, 11) is 0. The highest BCUT2D eigenvalue weighted by atomic mass is 35.5. The minimum Gasteiger partial charge on any atom is -0.506 e. The zero-order valence-corrected chi connectivity index (χ0v) is 17.0. The second-order valence-electron chi connectivity index (χ2n) is 7.56. The lowest BCUT2D eigenvalue weighted by Crippen LogP contribution is -2.49. The summed E-state index contributed by atoms with van der Waals surface area (Å²) < 4.78 is 15.4. The van der Waals surface area contributed by atoms with Crippen LogP contribution in [0, 0.1) is 0 Å². The number of nitrogens with zero attached hydrogens (tertiary/aromatic N) is 2. The normalized spacial score (nSPS) is 18.9. The Hall–Kier alpha value is -2.15. The number of alkyl halides is 1. The molecule has 2 aromatic rings. The van der Waals surface area contributed by atoms with Crippen LogP contribution in [0.1, 0.15) is 39.1 Å². The Morgan fingerprint density at radius 1 is 1.03 bits per heavy atom. The van der Waals surface area contributed by atoms with E-state index in [0.29, 0.717) is 41.3 Å². The van der Waals surface area contributed by atoms with Gasteiger partial charge in [0.25, 0.3) is 11.8 Å². The Bertz CT molecular complexity index is 955. The third kappa shape index (κ3) is 3.84. The molecule has 29 heavy (non-hydrogen) atoms. The predicted octanol–water partition coefficient (Wildman–Crippen LogP) is 4.30. The summed E-state index contributed by atoms with van der Waals surface area (Å²) in [6, 6.07) is 9.66. The molecule has 0 atom stereocenters. The van der Waals surface area contributed by atoms with Gasteiger partial charge in [0.2, 0.25) is 0 Å².